The lowest BCUT2D eigenvalue weighted by molar-refractivity contribution is 0.375. The zero-order valence-electron chi connectivity index (χ0n) is 16.9. The number of anilines is 1. The van der Waals surface area contributed by atoms with Gasteiger partial charge in [-0.15, -0.1) is 0 Å². The Hall–Kier alpha value is -2.12. The zero-order valence-corrected chi connectivity index (χ0v) is 18.5. The molecule has 2 aromatic rings. The molecule has 1 aliphatic heterocycles. The highest BCUT2D eigenvalue weighted by Gasteiger charge is 2.36. The molecule has 0 aromatic heterocycles. The van der Waals surface area contributed by atoms with Crippen molar-refractivity contribution < 1.29 is 4.39 Å². The van der Waals surface area contributed by atoms with Crippen LogP contribution in [0.15, 0.2) is 40.9 Å². The summed E-state index contributed by atoms with van der Waals surface area (Å²) in [5.41, 5.74) is 3.86. The summed E-state index contributed by atoms with van der Waals surface area (Å²) in [6.45, 7) is 9.72. The van der Waals surface area contributed by atoms with E-state index in [2.05, 4.69) is 54.6 Å². The Morgan fingerprint density at radius 3 is 2.61 bits per heavy atom. The van der Waals surface area contributed by atoms with Gasteiger partial charge in [0, 0.05) is 27.8 Å². The second-order valence-electron chi connectivity index (χ2n) is 8.18. The Balaban J connectivity index is 2.09. The van der Waals surface area contributed by atoms with E-state index in [-0.39, 0.29) is 11.4 Å². The maximum atomic E-state index is 15.1. The smallest absolute Gasteiger partial charge is 0.132 e. The lowest BCUT2D eigenvalue weighted by Gasteiger charge is -2.47. The van der Waals surface area contributed by atoms with Crippen LogP contribution < -0.4 is 4.90 Å². The second kappa shape index (κ2) is 8.09. The number of nitriles is 1. The minimum Gasteiger partial charge on any atom is -0.366 e. The molecule has 2 nitrogen and oxygen atoms in total. The number of fused-ring (bicyclic) bond motifs is 1. The van der Waals surface area contributed by atoms with Gasteiger partial charge in [0.25, 0.3) is 0 Å². The molecule has 4 heteroatoms. The molecule has 28 heavy (non-hydrogen) atoms. The maximum absolute atomic E-state index is 15.1. The average molecular weight is 441 g/mol. The summed E-state index contributed by atoms with van der Waals surface area (Å²) in [6, 6.07) is 13.3. The molecule has 0 saturated carbocycles. The minimum absolute atomic E-state index is 0.00145. The minimum atomic E-state index is -0.283. The number of hydrogen-bond acceptors (Lipinski definition) is 2. The molecule has 0 radical (unpaired) electrons. The van der Waals surface area contributed by atoms with Crippen LogP contribution in [0.4, 0.5) is 10.1 Å². The third-order valence-corrected chi connectivity index (χ3v) is 6.06. The van der Waals surface area contributed by atoms with E-state index in [4.69, 9.17) is 0 Å². The summed E-state index contributed by atoms with van der Waals surface area (Å²) in [4.78, 5) is 2.33. The van der Waals surface area contributed by atoms with Crippen molar-refractivity contribution in [1.29, 1.82) is 5.26 Å². The van der Waals surface area contributed by atoms with E-state index >= 15 is 4.39 Å². The lowest BCUT2D eigenvalue weighted by Crippen LogP contribution is -2.48. The van der Waals surface area contributed by atoms with Gasteiger partial charge in [0.1, 0.15) is 5.82 Å². The molecule has 1 aliphatic rings. The van der Waals surface area contributed by atoms with Crippen molar-refractivity contribution in [1.82, 2.24) is 0 Å². The molecule has 1 atom stereocenters. The quantitative estimate of drug-likeness (QED) is 0.372. The van der Waals surface area contributed by atoms with Crippen molar-refractivity contribution in [2.24, 2.45) is 0 Å². The molecule has 1 unspecified atom stereocenters. The van der Waals surface area contributed by atoms with Gasteiger partial charge in [0.05, 0.1) is 11.6 Å². The van der Waals surface area contributed by atoms with Crippen LogP contribution in [0.1, 0.15) is 63.1 Å². The van der Waals surface area contributed by atoms with Crippen molar-refractivity contribution >= 4 is 33.3 Å². The van der Waals surface area contributed by atoms with Crippen LogP contribution in [-0.2, 0) is 0 Å². The predicted molar refractivity (Wildman–Crippen MR) is 119 cm³/mol. The Kier molecular flexibility index (Phi) is 5.95. The van der Waals surface area contributed by atoms with Gasteiger partial charge in [-0.3, -0.25) is 0 Å². The zero-order chi connectivity index (χ0) is 20.5. The van der Waals surface area contributed by atoms with Crippen molar-refractivity contribution in [2.45, 2.75) is 52.0 Å². The number of rotatable bonds is 4. The molecule has 3 rings (SSSR count). The highest BCUT2D eigenvalue weighted by molar-refractivity contribution is 9.10. The number of benzene rings is 2. The van der Waals surface area contributed by atoms with Crippen LogP contribution in [0.25, 0.3) is 11.6 Å². The van der Waals surface area contributed by atoms with Gasteiger partial charge in [-0.05, 0) is 74.1 Å². The molecule has 0 saturated heterocycles. The van der Waals surface area contributed by atoms with Crippen molar-refractivity contribution in [3.05, 3.63) is 63.4 Å². The molecular formula is C24H26BrFN2. The van der Waals surface area contributed by atoms with Crippen LogP contribution in [0, 0.1) is 17.1 Å². The maximum Gasteiger partial charge on any atom is 0.132 e. The normalized spacial score (nSPS) is 18.5. The first-order valence-corrected chi connectivity index (χ1v) is 10.5. The van der Waals surface area contributed by atoms with Crippen LogP contribution in [0.5, 0.6) is 0 Å². The predicted octanol–water partition coefficient (Wildman–Crippen LogP) is 7.15. The van der Waals surface area contributed by atoms with Crippen LogP contribution in [-0.4, -0.2) is 12.1 Å². The van der Waals surface area contributed by atoms with E-state index in [1.165, 1.54) is 0 Å². The number of hydrogen-bond donors (Lipinski definition) is 0. The first-order valence-electron chi connectivity index (χ1n) is 9.75. The van der Waals surface area contributed by atoms with Crippen molar-refractivity contribution in [2.75, 3.05) is 11.4 Å². The molecule has 0 amide bonds. The monoisotopic (exact) mass is 440 g/mol. The molecule has 0 spiro atoms. The van der Waals surface area contributed by atoms with E-state index in [0.29, 0.717) is 17.1 Å². The van der Waals surface area contributed by atoms with Gasteiger partial charge in [0.2, 0.25) is 0 Å². The number of nitrogens with zero attached hydrogens (tertiary/aromatic N) is 2. The standard InChI is InChI=1S/C24H26BrFN2/c1-5-10-28-23-13-22(26)18(12-21(23)16(2)14-24(28,3)4)11-19(15-27)17-6-8-20(25)9-7-17/h6-9,11-13,16H,5,10,14H2,1-4H3/b19-11+. The topological polar surface area (TPSA) is 27.0 Å². The molecule has 2 aromatic carbocycles. The van der Waals surface area contributed by atoms with E-state index in [1.54, 1.807) is 12.1 Å². The second-order valence-corrected chi connectivity index (χ2v) is 9.09. The van der Waals surface area contributed by atoms with Crippen molar-refractivity contribution in [3.63, 3.8) is 0 Å². The molecule has 146 valence electrons. The largest absolute Gasteiger partial charge is 0.366 e. The summed E-state index contributed by atoms with van der Waals surface area (Å²) in [6.07, 6.45) is 3.70. The molecular weight excluding hydrogens is 415 g/mol. The van der Waals surface area contributed by atoms with Crippen molar-refractivity contribution in [3.8, 4) is 6.07 Å². The Morgan fingerprint density at radius 1 is 1.32 bits per heavy atom. The molecule has 0 bridgehead atoms. The number of allylic oxidation sites excluding steroid dienone is 1. The fourth-order valence-corrected chi connectivity index (χ4v) is 4.51. The van der Waals surface area contributed by atoms with Gasteiger partial charge >= 0.3 is 0 Å². The van der Waals surface area contributed by atoms with Gasteiger partial charge in [-0.2, -0.15) is 5.26 Å². The lowest BCUT2D eigenvalue weighted by atomic mass is 9.79. The van der Waals surface area contributed by atoms with E-state index in [1.807, 2.05) is 30.3 Å². The fourth-order valence-electron chi connectivity index (χ4n) is 4.24. The third kappa shape index (κ3) is 4.00. The summed E-state index contributed by atoms with van der Waals surface area (Å²) >= 11 is 3.40. The summed E-state index contributed by atoms with van der Waals surface area (Å²) in [5, 5.41) is 9.61. The van der Waals surface area contributed by atoms with Crippen LogP contribution >= 0.6 is 15.9 Å². The summed E-state index contributed by atoms with van der Waals surface area (Å²) in [5.74, 6) is 0.0543. The van der Waals surface area contributed by atoms with Crippen LogP contribution in [0.2, 0.25) is 0 Å². The Morgan fingerprint density at radius 2 is 2.00 bits per heavy atom. The Labute approximate surface area is 175 Å². The molecule has 0 aliphatic carbocycles. The van der Waals surface area contributed by atoms with Gasteiger partial charge in [0.15, 0.2) is 0 Å². The average Bonchev–Trinajstić information content (AvgIpc) is 2.64. The van der Waals surface area contributed by atoms with Gasteiger partial charge in [-0.1, -0.05) is 41.9 Å². The van der Waals surface area contributed by atoms with E-state index < -0.39 is 0 Å². The summed E-state index contributed by atoms with van der Waals surface area (Å²) in [7, 11) is 0. The first-order chi connectivity index (χ1) is 13.3. The van der Waals surface area contributed by atoms with E-state index in [0.717, 1.165) is 40.7 Å². The molecule has 1 heterocycles. The highest BCUT2D eigenvalue weighted by Crippen LogP contribution is 2.44. The summed E-state index contributed by atoms with van der Waals surface area (Å²) < 4.78 is 16.0. The fraction of sp³-hybridized carbons (Fsp3) is 0.375. The van der Waals surface area contributed by atoms with Gasteiger partial charge in [-0.25, -0.2) is 4.39 Å². The van der Waals surface area contributed by atoms with Gasteiger partial charge < -0.3 is 4.90 Å². The van der Waals surface area contributed by atoms with E-state index in [9.17, 15) is 5.26 Å². The highest BCUT2D eigenvalue weighted by atomic mass is 79.9. The van der Waals surface area contributed by atoms with Crippen LogP contribution in [0.3, 0.4) is 0 Å². The SMILES string of the molecule is CCCN1c2cc(F)c(/C=C(\C#N)c3ccc(Br)cc3)cc2C(C)CC1(C)C. The number of halogens is 2. The molecule has 0 N–H and O–H groups in total. The third-order valence-electron chi connectivity index (χ3n) is 5.53. The first kappa shape index (κ1) is 20.6. The molecule has 0 fully saturated rings. The Bertz CT molecular complexity index is 938.